The van der Waals surface area contributed by atoms with Crippen molar-refractivity contribution >= 4 is 32.3 Å². The Kier molecular flexibility index (Phi) is 5.66. The van der Waals surface area contributed by atoms with E-state index in [4.69, 9.17) is 4.74 Å². The normalized spacial score (nSPS) is 21.2. The van der Waals surface area contributed by atoms with Crippen LogP contribution >= 0.6 is 11.3 Å². The van der Waals surface area contributed by atoms with E-state index in [1.807, 2.05) is 27.7 Å². The molecule has 1 aliphatic rings. The standard InChI is InChI=1S/C18H23N3O4S2/c1-11-9-21(10-12(2)25-11)27(23,24)16-7-5-15(6-8-16)17(22)20-18-13(3)19-14(4)26-18/h5-8,11-12H,9-10H2,1-4H3,(H,20,22)/t11-,12+. The molecule has 0 bridgehead atoms. The SMILES string of the molecule is Cc1nc(C)c(NC(=O)c2ccc(S(=O)(=O)N3C[C@@H](C)O[C@@H](C)C3)cc2)s1. The lowest BCUT2D eigenvalue weighted by Crippen LogP contribution is -2.48. The van der Waals surface area contributed by atoms with E-state index >= 15 is 0 Å². The summed E-state index contributed by atoms with van der Waals surface area (Å²) in [6.07, 6.45) is -0.306. The lowest BCUT2D eigenvalue weighted by Gasteiger charge is -2.34. The lowest BCUT2D eigenvalue weighted by atomic mass is 10.2. The number of hydrogen-bond donors (Lipinski definition) is 1. The molecule has 0 saturated carbocycles. The third-order valence-corrected chi connectivity index (χ3v) is 7.11. The summed E-state index contributed by atoms with van der Waals surface area (Å²) in [7, 11) is -3.62. The van der Waals surface area contributed by atoms with Crippen molar-refractivity contribution < 1.29 is 17.9 Å². The number of rotatable bonds is 4. The average molecular weight is 410 g/mol. The molecule has 2 aromatic rings. The zero-order chi connectivity index (χ0) is 19.8. The highest BCUT2D eigenvalue weighted by atomic mass is 32.2. The Morgan fingerprint density at radius 3 is 2.30 bits per heavy atom. The number of carbonyl (C=O) groups excluding carboxylic acids is 1. The molecule has 9 heteroatoms. The van der Waals surface area contributed by atoms with Crippen LogP contribution in [-0.4, -0.2) is 48.9 Å². The minimum absolute atomic E-state index is 0.153. The summed E-state index contributed by atoms with van der Waals surface area (Å²) < 4.78 is 32.8. The average Bonchev–Trinajstić information content (AvgIpc) is 2.91. The van der Waals surface area contributed by atoms with Gasteiger partial charge >= 0.3 is 0 Å². The molecule has 3 rings (SSSR count). The Morgan fingerprint density at radius 2 is 1.78 bits per heavy atom. The molecule has 2 atom stereocenters. The number of carbonyl (C=O) groups is 1. The van der Waals surface area contributed by atoms with Gasteiger partial charge in [-0.2, -0.15) is 4.31 Å². The van der Waals surface area contributed by atoms with E-state index in [1.165, 1.54) is 39.9 Å². The van der Waals surface area contributed by atoms with Gasteiger partial charge in [-0.15, -0.1) is 11.3 Å². The van der Waals surface area contributed by atoms with Crippen molar-refractivity contribution in [1.82, 2.24) is 9.29 Å². The predicted octanol–water partition coefficient (Wildman–Crippen LogP) is 2.81. The highest BCUT2D eigenvalue weighted by Crippen LogP contribution is 2.25. The van der Waals surface area contributed by atoms with Gasteiger partial charge in [0.15, 0.2) is 0 Å². The Morgan fingerprint density at radius 1 is 1.19 bits per heavy atom. The van der Waals surface area contributed by atoms with Gasteiger partial charge in [-0.05, 0) is 52.0 Å². The molecular formula is C18H23N3O4S2. The summed E-state index contributed by atoms with van der Waals surface area (Å²) in [6, 6.07) is 6.00. The molecule has 1 aliphatic heterocycles. The van der Waals surface area contributed by atoms with Gasteiger partial charge in [0.05, 0.1) is 27.8 Å². The predicted molar refractivity (Wildman–Crippen MR) is 105 cm³/mol. The molecule has 0 spiro atoms. The van der Waals surface area contributed by atoms with Crippen molar-refractivity contribution in [3.63, 3.8) is 0 Å². The fraction of sp³-hybridized carbons (Fsp3) is 0.444. The number of amides is 1. The van der Waals surface area contributed by atoms with Crippen LogP contribution in [0.2, 0.25) is 0 Å². The second-order valence-corrected chi connectivity index (χ2v) is 9.85. The third kappa shape index (κ3) is 4.37. The Hall–Kier alpha value is -1.81. The Balaban J connectivity index is 1.76. The summed E-state index contributed by atoms with van der Waals surface area (Å²) >= 11 is 1.41. The third-order valence-electron chi connectivity index (χ3n) is 4.27. The zero-order valence-electron chi connectivity index (χ0n) is 15.7. The van der Waals surface area contributed by atoms with Gasteiger partial charge in [0.1, 0.15) is 5.00 Å². The first kappa shape index (κ1) is 19.9. The number of sulfonamides is 1. The van der Waals surface area contributed by atoms with E-state index in [1.54, 1.807) is 0 Å². The van der Waals surface area contributed by atoms with E-state index in [9.17, 15) is 13.2 Å². The van der Waals surface area contributed by atoms with E-state index in [-0.39, 0.29) is 23.0 Å². The fourth-order valence-corrected chi connectivity index (χ4v) is 5.48. The van der Waals surface area contributed by atoms with Crippen molar-refractivity contribution in [1.29, 1.82) is 0 Å². The maximum absolute atomic E-state index is 12.9. The number of thiazole rings is 1. The Bertz CT molecular complexity index is 928. The van der Waals surface area contributed by atoms with E-state index in [0.29, 0.717) is 23.7 Å². The molecule has 0 radical (unpaired) electrons. The highest BCUT2D eigenvalue weighted by Gasteiger charge is 2.32. The molecule has 1 fully saturated rings. The van der Waals surface area contributed by atoms with Crippen molar-refractivity contribution in [2.75, 3.05) is 18.4 Å². The second-order valence-electron chi connectivity index (χ2n) is 6.71. The molecule has 1 aromatic carbocycles. The molecule has 0 aliphatic carbocycles. The minimum Gasteiger partial charge on any atom is -0.373 e. The highest BCUT2D eigenvalue weighted by molar-refractivity contribution is 7.89. The van der Waals surface area contributed by atoms with Crippen molar-refractivity contribution in [3.05, 3.63) is 40.5 Å². The molecule has 1 amide bonds. The monoisotopic (exact) mass is 409 g/mol. The number of benzene rings is 1. The number of morpholine rings is 1. The maximum Gasteiger partial charge on any atom is 0.256 e. The van der Waals surface area contributed by atoms with Crippen LogP contribution in [0, 0.1) is 13.8 Å². The molecule has 1 N–H and O–H groups in total. The minimum atomic E-state index is -3.62. The first-order valence-electron chi connectivity index (χ1n) is 8.68. The van der Waals surface area contributed by atoms with Crippen LogP contribution in [-0.2, 0) is 14.8 Å². The topological polar surface area (TPSA) is 88.6 Å². The van der Waals surface area contributed by atoms with Gasteiger partial charge in [-0.25, -0.2) is 13.4 Å². The smallest absolute Gasteiger partial charge is 0.256 e. The van der Waals surface area contributed by atoms with Crippen LogP contribution in [0.5, 0.6) is 0 Å². The van der Waals surface area contributed by atoms with Gasteiger partial charge in [0.2, 0.25) is 10.0 Å². The largest absolute Gasteiger partial charge is 0.373 e. The molecule has 0 unspecified atom stereocenters. The van der Waals surface area contributed by atoms with E-state index in [2.05, 4.69) is 10.3 Å². The zero-order valence-corrected chi connectivity index (χ0v) is 17.4. The summed E-state index contributed by atoms with van der Waals surface area (Å²) in [5, 5.41) is 4.39. The van der Waals surface area contributed by atoms with Crippen LogP contribution < -0.4 is 5.32 Å². The summed E-state index contributed by atoms with van der Waals surface area (Å²) in [6.45, 7) is 8.06. The number of hydrogen-bond acceptors (Lipinski definition) is 6. The van der Waals surface area contributed by atoms with Crippen LogP contribution in [0.15, 0.2) is 29.2 Å². The Labute approximate surface area is 163 Å². The molecule has 1 saturated heterocycles. The van der Waals surface area contributed by atoms with Crippen molar-refractivity contribution in [2.45, 2.75) is 44.8 Å². The maximum atomic E-state index is 12.9. The summed E-state index contributed by atoms with van der Waals surface area (Å²) in [5.41, 5.74) is 1.16. The first-order valence-corrected chi connectivity index (χ1v) is 10.9. The number of nitrogens with zero attached hydrogens (tertiary/aromatic N) is 2. The number of anilines is 1. The van der Waals surface area contributed by atoms with Crippen LogP contribution in [0.25, 0.3) is 0 Å². The number of aromatic nitrogens is 1. The van der Waals surface area contributed by atoms with Gasteiger partial charge < -0.3 is 10.1 Å². The van der Waals surface area contributed by atoms with Gasteiger partial charge in [-0.1, -0.05) is 0 Å². The number of ether oxygens (including phenoxy) is 1. The van der Waals surface area contributed by atoms with Crippen LogP contribution in [0.3, 0.4) is 0 Å². The quantitative estimate of drug-likeness (QED) is 0.839. The van der Waals surface area contributed by atoms with Gasteiger partial charge in [-0.3, -0.25) is 4.79 Å². The van der Waals surface area contributed by atoms with E-state index in [0.717, 1.165) is 10.7 Å². The molecule has 2 heterocycles. The van der Waals surface area contributed by atoms with Crippen LogP contribution in [0.4, 0.5) is 5.00 Å². The van der Waals surface area contributed by atoms with Gasteiger partial charge in [0, 0.05) is 18.7 Å². The fourth-order valence-electron chi connectivity index (χ4n) is 3.08. The molecule has 7 nitrogen and oxygen atoms in total. The van der Waals surface area contributed by atoms with E-state index < -0.39 is 10.0 Å². The first-order chi connectivity index (χ1) is 12.7. The van der Waals surface area contributed by atoms with Crippen molar-refractivity contribution in [2.24, 2.45) is 0 Å². The number of nitrogens with one attached hydrogen (secondary N) is 1. The second kappa shape index (κ2) is 7.67. The van der Waals surface area contributed by atoms with Gasteiger partial charge in [0.25, 0.3) is 5.91 Å². The molecule has 146 valence electrons. The van der Waals surface area contributed by atoms with Crippen molar-refractivity contribution in [3.8, 4) is 0 Å². The molecular weight excluding hydrogens is 386 g/mol. The lowest BCUT2D eigenvalue weighted by molar-refractivity contribution is -0.0440. The summed E-state index contributed by atoms with van der Waals surface area (Å²) in [5.74, 6) is -0.292. The molecule has 27 heavy (non-hydrogen) atoms. The van der Waals surface area contributed by atoms with Crippen LogP contribution in [0.1, 0.15) is 34.9 Å². The molecule has 1 aromatic heterocycles. The summed E-state index contributed by atoms with van der Waals surface area (Å²) in [4.78, 5) is 16.9. The number of aryl methyl sites for hydroxylation is 2.